The first-order valence-electron chi connectivity index (χ1n) is 2.48. The third-order valence-corrected chi connectivity index (χ3v) is 0.882. The summed E-state index contributed by atoms with van der Waals surface area (Å²) in [5, 5.41) is 0. The Hall–Kier alpha value is -0.560. The Balaban J connectivity index is 4.41. The lowest BCUT2D eigenvalue weighted by Gasteiger charge is -2.18. The van der Waals surface area contributed by atoms with Crippen LogP contribution in [-0.4, -0.2) is 24.7 Å². The number of hydrogen-bond acceptors (Lipinski definition) is 0. The highest BCUT2D eigenvalue weighted by Gasteiger charge is 2.56. The van der Waals surface area contributed by atoms with Gasteiger partial charge in [-0.3, -0.25) is 0 Å². The SMILES string of the molecule is F[C@@H]([C@H](F)C(F)(F)F)C(F)(F)F. The highest BCUT2D eigenvalue weighted by atomic mass is 19.4. The normalized spacial score (nSPS) is 19.0. The molecule has 0 aromatic carbocycles. The van der Waals surface area contributed by atoms with Gasteiger partial charge in [-0.05, 0) is 0 Å². The Kier molecular flexibility index (Phi) is 2.92. The fourth-order valence-electron chi connectivity index (χ4n) is 0.332. The van der Waals surface area contributed by atoms with E-state index in [1.807, 2.05) is 0 Å². The molecule has 0 aromatic heterocycles. The summed E-state index contributed by atoms with van der Waals surface area (Å²) in [6.07, 6.45) is -20.7. The van der Waals surface area contributed by atoms with E-state index in [1.165, 1.54) is 0 Å². The van der Waals surface area contributed by atoms with Crippen LogP contribution in [0.15, 0.2) is 0 Å². The van der Waals surface area contributed by atoms with Crippen LogP contribution < -0.4 is 0 Å². The van der Waals surface area contributed by atoms with E-state index >= 15 is 0 Å². The summed E-state index contributed by atoms with van der Waals surface area (Å²) in [6.45, 7) is 0. The molecule has 0 nitrogen and oxygen atoms in total. The van der Waals surface area contributed by atoms with Gasteiger partial charge in [0.2, 0.25) is 12.3 Å². The van der Waals surface area contributed by atoms with Crippen LogP contribution in [0.5, 0.6) is 0 Å². The van der Waals surface area contributed by atoms with Crippen molar-refractivity contribution < 1.29 is 35.1 Å². The first-order chi connectivity index (χ1) is 5.07. The fraction of sp³-hybridized carbons (Fsp3) is 1.00. The van der Waals surface area contributed by atoms with Crippen molar-refractivity contribution in [3.8, 4) is 0 Å². The van der Waals surface area contributed by atoms with Crippen molar-refractivity contribution in [2.45, 2.75) is 24.7 Å². The minimum absolute atomic E-state index is 4.52. The molecule has 0 heterocycles. The fourth-order valence-corrected chi connectivity index (χ4v) is 0.332. The molecule has 0 saturated carbocycles. The zero-order valence-corrected chi connectivity index (χ0v) is 5.18. The molecule has 8 heteroatoms. The molecule has 0 unspecified atom stereocenters. The van der Waals surface area contributed by atoms with E-state index in [4.69, 9.17) is 0 Å². The van der Waals surface area contributed by atoms with E-state index in [9.17, 15) is 35.1 Å². The molecule has 74 valence electrons. The monoisotopic (exact) mass is 202 g/mol. The molecule has 0 spiro atoms. The van der Waals surface area contributed by atoms with Gasteiger partial charge in [-0.25, -0.2) is 8.78 Å². The maximum atomic E-state index is 11.6. The largest absolute Gasteiger partial charge is 0.422 e. The van der Waals surface area contributed by atoms with Gasteiger partial charge in [0.05, 0.1) is 0 Å². The minimum atomic E-state index is -5.82. The van der Waals surface area contributed by atoms with Crippen LogP contribution in [0, 0.1) is 0 Å². The Morgan fingerprint density at radius 1 is 0.583 bits per heavy atom. The van der Waals surface area contributed by atoms with Gasteiger partial charge < -0.3 is 0 Å². The van der Waals surface area contributed by atoms with Crippen molar-refractivity contribution in [2.75, 3.05) is 0 Å². The van der Waals surface area contributed by atoms with E-state index in [2.05, 4.69) is 0 Å². The summed E-state index contributed by atoms with van der Waals surface area (Å²) in [6, 6.07) is 0. The van der Waals surface area contributed by atoms with E-state index in [0.29, 0.717) is 0 Å². The van der Waals surface area contributed by atoms with E-state index in [1.54, 1.807) is 0 Å². The summed E-state index contributed by atoms with van der Waals surface area (Å²) < 4.78 is 89.8. The first kappa shape index (κ1) is 11.4. The zero-order chi connectivity index (χ0) is 10.2. The molecular weight excluding hydrogens is 200 g/mol. The molecule has 0 bridgehead atoms. The van der Waals surface area contributed by atoms with E-state index in [-0.39, 0.29) is 0 Å². The van der Waals surface area contributed by atoms with Crippen LogP contribution in [0.4, 0.5) is 35.1 Å². The maximum Gasteiger partial charge on any atom is 0.422 e. The lowest BCUT2D eigenvalue weighted by molar-refractivity contribution is -0.258. The Morgan fingerprint density at radius 2 is 0.750 bits per heavy atom. The van der Waals surface area contributed by atoms with Crippen LogP contribution in [0.2, 0.25) is 0 Å². The van der Waals surface area contributed by atoms with Crippen LogP contribution >= 0.6 is 0 Å². The second kappa shape index (κ2) is 3.06. The van der Waals surface area contributed by atoms with Gasteiger partial charge in [-0.1, -0.05) is 0 Å². The number of hydrogen-bond donors (Lipinski definition) is 0. The van der Waals surface area contributed by atoms with Crippen LogP contribution in [0.1, 0.15) is 0 Å². The Bertz CT molecular complexity index is 124. The van der Waals surface area contributed by atoms with Gasteiger partial charge in [0, 0.05) is 0 Å². The third-order valence-electron chi connectivity index (χ3n) is 0.882. The van der Waals surface area contributed by atoms with Gasteiger partial charge >= 0.3 is 12.4 Å². The third kappa shape index (κ3) is 2.82. The summed E-state index contributed by atoms with van der Waals surface area (Å²) in [7, 11) is 0. The van der Waals surface area contributed by atoms with Crippen molar-refractivity contribution in [1.82, 2.24) is 0 Å². The molecule has 0 rings (SSSR count). The molecule has 0 aliphatic rings. The molecular formula is C4H2F8. The van der Waals surface area contributed by atoms with Crippen molar-refractivity contribution in [3.63, 3.8) is 0 Å². The van der Waals surface area contributed by atoms with Gasteiger partial charge in [-0.2, -0.15) is 26.3 Å². The molecule has 0 amide bonds. The van der Waals surface area contributed by atoms with E-state index in [0.717, 1.165) is 0 Å². The highest BCUT2D eigenvalue weighted by molar-refractivity contribution is 4.80. The predicted molar refractivity (Wildman–Crippen MR) is 21.9 cm³/mol. The maximum absolute atomic E-state index is 11.6. The molecule has 0 saturated heterocycles. The van der Waals surface area contributed by atoms with Crippen LogP contribution in [-0.2, 0) is 0 Å². The smallest absolute Gasteiger partial charge is 0.234 e. The van der Waals surface area contributed by atoms with Crippen LogP contribution in [0.25, 0.3) is 0 Å². The minimum Gasteiger partial charge on any atom is -0.234 e. The molecule has 0 aliphatic heterocycles. The highest BCUT2D eigenvalue weighted by Crippen LogP contribution is 2.35. The van der Waals surface area contributed by atoms with Gasteiger partial charge in [0.15, 0.2) is 0 Å². The number of rotatable bonds is 1. The molecule has 0 aromatic rings. The molecule has 0 fully saturated rings. The average Bonchev–Trinajstić information content (AvgIpc) is 1.80. The Labute approximate surface area is 61.2 Å². The predicted octanol–water partition coefficient (Wildman–Crippen LogP) is 2.79. The second-order valence-corrected chi connectivity index (χ2v) is 1.89. The van der Waals surface area contributed by atoms with Crippen molar-refractivity contribution in [2.24, 2.45) is 0 Å². The summed E-state index contributed by atoms with van der Waals surface area (Å²) in [5.41, 5.74) is 0. The summed E-state index contributed by atoms with van der Waals surface area (Å²) >= 11 is 0. The molecule has 2 atom stereocenters. The topological polar surface area (TPSA) is 0 Å². The zero-order valence-electron chi connectivity index (χ0n) is 5.18. The standard InChI is InChI=1S/C4H2F8/c5-1(3(7,8)9)2(6)4(10,11)12/h1-2H/t1-,2-/m0/s1. The van der Waals surface area contributed by atoms with Gasteiger partial charge in [-0.15, -0.1) is 0 Å². The first-order valence-corrected chi connectivity index (χ1v) is 2.48. The summed E-state index contributed by atoms with van der Waals surface area (Å²) in [4.78, 5) is 0. The number of halogens is 8. The van der Waals surface area contributed by atoms with Gasteiger partial charge in [0.1, 0.15) is 0 Å². The molecule has 0 N–H and O–H groups in total. The van der Waals surface area contributed by atoms with Crippen molar-refractivity contribution >= 4 is 0 Å². The molecule has 0 radical (unpaired) electrons. The average molecular weight is 202 g/mol. The van der Waals surface area contributed by atoms with E-state index < -0.39 is 24.7 Å². The van der Waals surface area contributed by atoms with Crippen molar-refractivity contribution in [3.05, 3.63) is 0 Å². The second-order valence-electron chi connectivity index (χ2n) is 1.89. The van der Waals surface area contributed by atoms with Crippen molar-refractivity contribution in [1.29, 1.82) is 0 Å². The molecule has 12 heavy (non-hydrogen) atoms. The van der Waals surface area contributed by atoms with Crippen LogP contribution in [0.3, 0.4) is 0 Å². The lowest BCUT2D eigenvalue weighted by Crippen LogP contribution is -2.42. The number of alkyl halides is 8. The quantitative estimate of drug-likeness (QED) is 0.573. The van der Waals surface area contributed by atoms with Gasteiger partial charge in [0.25, 0.3) is 0 Å². The molecule has 0 aliphatic carbocycles. The lowest BCUT2D eigenvalue weighted by atomic mass is 10.2. The Morgan fingerprint density at radius 3 is 0.833 bits per heavy atom. The summed E-state index contributed by atoms with van der Waals surface area (Å²) in [5.74, 6) is 0.